The number of hydrogen-bond acceptors (Lipinski definition) is 4. The van der Waals surface area contributed by atoms with Crippen molar-refractivity contribution in [1.82, 2.24) is 10.3 Å². The fraction of sp³-hybridized carbons (Fsp3) is 0.364. The van der Waals surface area contributed by atoms with Gasteiger partial charge < -0.3 is 16.8 Å². The molecule has 1 heterocycles. The number of nitrogens with one attached hydrogen (secondary N) is 1. The molecule has 0 fully saturated rings. The largest absolute Gasteiger partial charge is 0.370 e. The highest BCUT2D eigenvalue weighted by atomic mass is 16.2. The van der Waals surface area contributed by atoms with E-state index >= 15 is 0 Å². The highest BCUT2D eigenvalue weighted by molar-refractivity contribution is 5.87. The summed E-state index contributed by atoms with van der Waals surface area (Å²) in [6.45, 7) is 2.15. The Balaban J connectivity index is 2.45. The first-order valence-electron chi connectivity index (χ1n) is 5.23. The van der Waals surface area contributed by atoms with Crippen LogP contribution in [0.1, 0.15) is 17.8 Å². The van der Waals surface area contributed by atoms with E-state index in [1.54, 1.807) is 6.07 Å². The zero-order valence-electron chi connectivity index (χ0n) is 9.64. The van der Waals surface area contributed by atoms with Gasteiger partial charge in [0, 0.05) is 5.69 Å². The Kier molecular flexibility index (Phi) is 4.59. The molecule has 1 aromatic rings. The summed E-state index contributed by atoms with van der Waals surface area (Å²) in [6.07, 6.45) is -0.160. The van der Waals surface area contributed by atoms with E-state index in [1.807, 2.05) is 19.1 Å². The molecule has 5 N–H and O–H groups in total. The van der Waals surface area contributed by atoms with Gasteiger partial charge in [0.25, 0.3) is 0 Å². The third-order valence-electron chi connectivity index (χ3n) is 2.15. The Hall–Kier alpha value is -1.95. The smallest absolute Gasteiger partial charge is 0.237 e. The van der Waals surface area contributed by atoms with Gasteiger partial charge in [0.05, 0.1) is 24.7 Å². The van der Waals surface area contributed by atoms with Crippen molar-refractivity contribution in [2.24, 2.45) is 11.5 Å². The van der Waals surface area contributed by atoms with Crippen molar-refractivity contribution in [3.8, 4) is 0 Å². The van der Waals surface area contributed by atoms with Crippen LogP contribution in [0.4, 0.5) is 0 Å². The Morgan fingerprint density at radius 1 is 1.47 bits per heavy atom. The number of hydrogen-bond donors (Lipinski definition) is 3. The van der Waals surface area contributed by atoms with Gasteiger partial charge in [0.2, 0.25) is 11.8 Å². The molecular formula is C11H16N4O2. The van der Waals surface area contributed by atoms with Crippen LogP contribution >= 0.6 is 0 Å². The number of carbonyl (C=O) groups is 2. The first-order valence-corrected chi connectivity index (χ1v) is 5.23. The van der Waals surface area contributed by atoms with E-state index in [0.717, 1.165) is 11.4 Å². The van der Waals surface area contributed by atoms with Gasteiger partial charge in [0.15, 0.2) is 0 Å². The van der Waals surface area contributed by atoms with E-state index in [-0.39, 0.29) is 13.0 Å². The van der Waals surface area contributed by atoms with Crippen LogP contribution in [0.3, 0.4) is 0 Å². The van der Waals surface area contributed by atoms with Crippen molar-refractivity contribution in [1.29, 1.82) is 0 Å². The lowest BCUT2D eigenvalue weighted by Gasteiger charge is -2.10. The van der Waals surface area contributed by atoms with Crippen molar-refractivity contribution in [3.63, 3.8) is 0 Å². The van der Waals surface area contributed by atoms with E-state index in [0.29, 0.717) is 0 Å². The molecule has 17 heavy (non-hydrogen) atoms. The quantitative estimate of drug-likeness (QED) is 0.622. The molecule has 0 bridgehead atoms. The summed E-state index contributed by atoms with van der Waals surface area (Å²) >= 11 is 0. The van der Waals surface area contributed by atoms with E-state index in [4.69, 9.17) is 11.5 Å². The number of primary amides is 1. The van der Waals surface area contributed by atoms with Gasteiger partial charge in [0.1, 0.15) is 0 Å². The molecule has 1 aromatic heterocycles. The average molecular weight is 236 g/mol. The maximum Gasteiger partial charge on any atom is 0.237 e. The van der Waals surface area contributed by atoms with Crippen molar-refractivity contribution in [2.75, 3.05) is 0 Å². The minimum atomic E-state index is -0.905. The summed E-state index contributed by atoms with van der Waals surface area (Å²) in [5.74, 6) is -1.01. The maximum absolute atomic E-state index is 11.5. The molecule has 92 valence electrons. The molecule has 1 atom stereocenters. The van der Waals surface area contributed by atoms with Crippen LogP contribution in [0, 0.1) is 6.92 Å². The summed E-state index contributed by atoms with van der Waals surface area (Å²) in [5, 5.41) is 2.60. The lowest BCUT2D eigenvalue weighted by molar-refractivity contribution is -0.126. The molecule has 0 aromatic carbocycles. The number of aromatic nitrogens is 1. The lowest BCUT2D eigenvalue weighted by Crippen LogP contribution is -2.42. The van der Waals surface area contributed by atoms with Gasteiger partial charge in [-0.15, -0.1) is 0 Å². The van der Waals surface area contributed by atoms with Gasteiger partial charge in [-0.25, -0.2) is 0 Å². The molecule has 2 amide bonds. The Bertz CT molecular complexity index is 420. The number of amides is 2. The van der Waals surface area contributed by atoms with Crippen LogP contribution in [0.25, 0.3) is 0 Å². The Labute approximate surface area is 99.4 Å². The third kappa shape index (κ3) is 4.60. The Morgan fingerprint density at radius 2 is 2.18 bits per heavy atom. The number of aryl methyl sites for hydroxylation is 1. The normalized spacial score (nSPS) is 11.9. The second kappa shape index (κ2) is 5.95. The molecule has 0 aliphatic heterocycles. The second-order valence-corrected chi connectivity index (χ2v) is 3.77. The predicted octanol–water partition coefficient (Wildman–Crippen LogP) is -0.791. The summed E-state index contributed by atoms with van der Waals surface area (Å²) < 4.78 is 0. The SMILES string of the molecule is Cc1cccc(CNC(=O)C(N)CC(N)=O)n1. The molecule has 0 radical (unpaired) electrons. The van der Waals surface area contributed by atoms with Crippen LogP contribution in [0.15, 0.2) is 18.2 Å². The molecular weight excluding hydrogens is 220 g/mol. The van der Waals surface area contributed by atoms with E-state index in [1.165, 1.54) is 0 Å². The fourth-order valence-electron chi connectivity index (χ4n) is 1.32. The number of nitrogens with two attached hydrogens (primary N) is 2. The molecule has 0 saturated heterocycles. The molecule has 1 rings (SSSR count). The van der Waals surface area contributed by atoms with Crippen molar-refractivity contribution in [2.45, 2.75) is 25.9 Å². The van der Waals surface area contributed by atoms with Crippen LogP contribution < -0.4 is 16.8 Å². The highest BCUT2D eigenvalue weighted by Gasteiger charge is 2.15. The molecule has 0 spiro atoms. The number of pyridine rings is 1. The highest BCUT2D eigenvalue weighted by Crippen LogP contribution is 1.98. The summed E-state index contributed by atoms with van der Waals surface area (Å²) in [5.41, 5.74) is 12.0. The fourth-order valence-corrected chi connectivity index (χ4v) is 1.32. The molecule has 6 heteroatoms. The zero-order chi connectivity index (χ0) is 12.8. The van der Waals surface area contributed by atoms with Gasteiger partial charge in [-0.1, -0.05) is 6.07 Å². The zero-order valence-corrected chi connectivity index (χ0v) is 9.64. The molecule has 1 unspecified atom stereocenters. The standard InChI is InChI=1S/C11H16N4O2/c1-7-3-2-4-8(15-7)6-14-11(17)9(12)5-10(13)16/h2-4,9H,5-6,12H2,1H3,(H2,13,16)(H,14,17). The van der Waals surface area contributed by atoms with Crippen LogP contribution in [0.5, 0.6) is 0 Å². The van der Waals surface area contributed by atoms with E-state index < -0.39 is 17.9 Å². The summed E-state index contributed by atoms with van der Waals surface area (Å²) in [7, 11) is 0. The monoisotopic (exact) mass is 236 g/mol. The van der Waals surface area contributed by atoms with Gasteiger partial charge >= 0.3 is 0 Å². The number of nitrogens with zero attached hydrogens (tertiary/aromatic N) is 1. The van der Waals surface area contributed by atoms with Gasteiger partial charge in [-0.3, -0.25) is 14.6 Å². The average Bonchev–Trinajstić information content (AvgIpc) is 2.25. The van der Waals surface area contributed by atoms with Crippen molar-refractivity contribution >= 4 is 11.8 Å². The second-order valence-electron chi connectivity index (χ2n) is 3.77. The minimum absolute atomic E-state index is 0.160. The van der Waals surface area contributed by atoms with E-state index in [2.05, 4.69) is 10.3 Å². The topological polar surface area (TPSA) is 111 Å². The molecule has 0 aliphatic carbocycles. The van der Waals surface area contributed by atoms with Crippen LogP contribution in [-0.2, 0) is 16.1 Å². The molecule has 0 aliphatic rings. The molecule has 0 saturated carbocycles. The molecule has 6 nitrogen and oxygen atoms in total. The van der Waals surface area contributed by atoms with Crippen molar-refractivity contribution in [3.05, 3.63) is 29.6 Å². The van der Waals surface area contributed by atoms with Gasteiger partial charge in [-0.05, 0) is 19.1 Å². The first kappa shape index (κ1) is 13.1. The maximum atomic E-state index is 11.5. The van der Waals surface area contributed by atoms with Gasteiger partial charge in [-0.2, -0.15) is 0 Å². The van der Waals surface area contributed by atoms with Crippen LogP contribution in [0.2, 0.25) is 0 Å². The van der Waals surface area contributed by atoms with Crippen molar-refractivity contribution < 1.29 is 9.59 Å². The minimum Gasteiger partial charge on any atom is -0.370 e. The lowest BCUT2D eigenvalue weighted by atomic mass is 10.2. The Morgan fingerprint density at radius 3 is 2.76 bits per heavy atom. The summed E-state index contributed by atoms with van der Waals surface area (Å²) in [6, 6.07) is 4.61. The number of rotatable bonds is 5. The predicted molar refractivity (Wildman–Crippen MR) is 62.6 cm³/mol. The third-order valence-corrected chi connectivity index (χ3v) is 2.15. The number of carbonyl (C=O) groups excluding carboxylic acids is 2. The van der Waals surface area contributed by atoms with E-state index in [9.17, 15) is 9.59 Å². The van der Waals surface area contributed by atoms with Crippen LogP contribution in [-0.4, -0.2) is 22.8 Å². The first-order chi connectivity index (χ1) is 7.99. The summed E-state index contributed by atoms with van der Waals surface area (Å²) in [4.78, 5) is 26.3.